The summed E-state index contributed by atoms with van der Waals surface area (Å²) < 4.78 is 2.11. The Kier molecular flexibility index (Phi) is 5.20. The van der Waals surface area contributed by atoms with Gasteiger partial charge in [-0.2, -0.15) is 0 Å². The van der Waals surface area contributed by atoms with Crippen molar-refractivity contribution in [2.45, 2.75) is 31.5 Å². The second-order valence-electron chi connectivity index (χ2n) is 5.72. The maximum atomic E-state index is 12.1. The average Bonchev–Trinajstić information content (AvgIpc) is 2.99. The first-order valence-corrected chi connectivity index (χ1v) is 9.12. The molecule has 4 nitrogen and oxygen atoms in total. The van der Waals surface area contributed by atoms with Gasteiger partial charge in [-0.05, 0) is 37.6 Å². The van der Waals surface area contributed by atoms with Crippen molar-refractivity contribution >= 4 is 28.7 Å². The van der Waals surface area contributed by atoms with E-state index in [0.717, 1.165) is 28.3 Å². The molecule has 0 radical (unpaired) electrons. The first kappa shape index (κ1) is 16.6. The minimum atomic E-state index is 0.0426. The quantitative estimate of drug-likeness (QED) is 0.690. The van der Waals surface area contributed by atoms with Crippen LogP contribution in [0.3, 0.4) is 0 Å². The van der Waals surface area contributed by atoms with Crippen molar-refractivity contribution in [2.75, 3.05) is 5.75 Å². The molecule has 0 aliphatic carbocycles. The highest BCUT2D eigenvalue weighted by molar-refractivity contribution is 7.99. The van der Waals surface area contributed by atoms with Gasteiger partial charge in [0, 0.05) is 11.7 Å². The van der Waals surface area contributed by atoms with Crippen molar-refractivity contribution in [3.8, 4) is 5.69 Å². The van der Waals surface area contributed by atoms with Gasteiger partial charge in [0.25, 0.3) is 0 Å². The third-order valence-corrected chi connectivity index (χ3v) is 4.84. The molecular formula is C19H21N3OS. The molecular weight excluding hydrogens is 318 g/mol. The zero-order valence-corrected chi connectivity index (χ0v) is 14.7. The van der Waals surface area contributed by atoms with Crippen LogP contribution in [0.1, 0.15) is 20.3 Å². The molecule has 124 valence electrons. The number of nitrogens with one attached hydrogen (secondary N) is 1. The summed E-state index contributed by atoms with van der Waals surface area (Å²) in [6.07, 6.45) is 0.929. The lowest BCUT2D eigenvalue weighted by molar-refractivity contribution is -0.119. The number of carbonyl (C=O) groups excluding carboxylic acids is 1. The normalized spacial score (nSPS) is 12.2. The summed E-state index contributed by atoms with van der Waals surface area (Å²) in [7, 11) is 0. The number of para-hydroxylation sites is 3. The van der Waals surface area contributed by atoms with Crippen LogP contribution < -0.4 is 5.32 Å². The molecule has 5 heteroatoms. The second kappa shape index (κ2) is 7.53. The molecule has 1 heterocycles. The number of fused-ring (bicyclic) bond motifs is 1. The van der Waals surface area contributed by atoms with Crippen molar-refractivity contribution in [3.63, 3.8) is 0 Å². The van der Waals surface area contributed by atoms with Crippen LogP contribution in [0.2, 0.25) is 0 Å². The first-order valence-electron chi connectivity index (χ1n) is 8.14. The van der Waals surface area contributed by atoms with Crippen LogP contribution in [0.5, 0.6) is 0 Å². The number of imidazole rings is 1. The van der Waals surface area contributed by atoms with Crippen LogP contribution in [0.15, 0.2) is 59.8 Å². The lowest BCUT2D eigenvalue weighted by atomic mass is 10.3. The predicted molar refractivity (Wildman–Crippen MR) is 99.7 cm³/mol. The Morgan fingerprint density at radius 3 is 2.62 bits per heavy atom. The minimum absolute atomic E-state index is 0.0426. The van der Waals surface area contributed by atoms with Crippen LogP contribution in [0, 0.1) is 0 Å². The van der Waals surface area contributed by atoms with E-state index in [1.807, 2.05) is 43.3 Å². The van der Waals surface area contributed by atoms with Gasteiger partial charge in [-0.3, -0.25) is 9.36 Å². The number of aromatic nitrogens is 2. The fraction of sp³-hybridized carbons (Fsp3) is 0.263. The van der Waals surface area contributed by atoms with E-state index >= 15 is 0 Å². The SMILES string of the molecule is CC[C@@H](C)NC(=O)CSc1nc2ccccc2n1-c1ccccc1. The fourth-order valence-corrected chi connectivity index (χ4v) is 3.32. The molecule has 0 spiro atoms. The highest BCUT2D eigenvalue weighted by atomic mass is 32.2. The Hall–Kier alpha value is -2.27. The second-order valence-corrected chi connectivity index (χ2v) is 6.66. The van der Waals surface area contributed by atoms with Crippen molar-refractivity contribution < 1.29 is 4.79 Å². The van der Waals surface area contributed by atoms with Gasteiger partial charge >= 0.3 is 0 Å². The number of nitrogens with zero attached hydrogens (tertiary/aromatic N) is 2. The molecule has 0 aliphatic heterocycles. The van der Waals surface area contributed by atoms with E-state index in [4.69, 9.17) is 4.98 Å². The predicted octanol–water partition coefficient (Wildman–Crippen LogP) is 4.03. The average molecular weight is 339 g/mol. The largest absolute Gasteiger partial charge is 0.353 e. The highest BCUT2D eigenvalue weighted by Crippen LogP contribution is 2.27. The van der Waals surface area contributed by atoms with Gasteiger partial charge in [-0.25, -0.2) is 4.98 Å². The standard InChI is InChI=1S/C19H21N3OS/c1-3-14(2)20-18(23)13-24-19-21-16-11-7-8-12-17(16)22(19)15-9-5-4-6-10-15/h4-12,14H,3,13H2,1-2H3,(H,20,23)/t14-/m1/s1. The number of benzene rings is 2. The number of carbonyl (C=O) groups is 1. The molecule has 3 aromatic rings. The summed E-state index contributed by atoms with van der Waals surface area (Å²) in [6.45, 7) is 4.08. The molecule has 0 bridgehead atoms. The van der Waals surface area contributed by atoms with E-state index in [0.29, 0.717) is 5.75 Å². The van der Waals surface area contributed by atoms with Crippen molar-refractivity contribution in [1.29, 1.82) is 0 Å². The van der Waals surface area contributed by atoms with E-state index in [2.05, 4.69) is 35.0 Å². The van der Waals surface area contributed by atoms with Gasteiger partial charge in [-0.1, -0.05) is 49.0 Å². The molecule has 1 N–H and O–H groups in total. The number of amides is 1. The van der Waals surface area contributed by atoms with Crippen LogP contribution in [-0.4, -0.2) is 27.3 Å². The Morgan fingerprint density at radius 1 is 1.17 bits per heavy atom. The Labute approximate surface area is 146 Å². The first-order chi connectivity index (χ1) is 11.7. The minimum Gasteiger partial charge on any atom is -0.353 e. The number of thioether (sulfide) groups is 1. The lowest BCUT2D eigenvalue weighted by Crippen LogP contribution is -2.33. The van der Waals surface area contributed by atoms with Gasteiger partial charge in [0.2, 0.25) is 5.91 Å². The van der Waals surface area contributed by atoms with Crippen LogP contribution in [-0.2, 0) is 4.79 Å². The maximum Gasteiger partial charge on any atom is 0.230 e. The highest BCUT2D eigenvalue weighted by Gasteiger charge is 2.14. The van der Waals surface area contributed by atoms with Crippen LogP contribution in [0.25, 0.3) is 16.7 Å². The summed E-state index contributed by atoms with van der Waals surface area (Å²) >= 11 is 1.47. The topological polar surface area (TPSA) is 46.9 Å². The van der Waals surface area contributed by atoms with Gasteiger partial charge in [0.05, 0.1) is 16.8 Å². The summed E-state index contributed by atoms with van der Waals surface area (Å²) in [5, 5.41) is 3.83. The molecule has 0 saturated heterocycles. The van der Waals surface area contributed by atoms with E-state index in [1.165, 1.54) is 11.8 Å². The molecule has 0 unspecified atom stereocenters. The zero-order valence-electron chi connectivity index (χ0n) is 13.9. The summed E-state index contributed by atoms with van der Waals surface area (Å²) in [6, 6.07) is 18.4. The summed E-state index contributed by atoms with van der Waals surface area (Å²) in [5.74, 6) is 0.404. The van der Waals surface area contributed by atoms with Gasteiger partial charge in [0.15, 0.2) is 5.16 Å². The molecule has 3 rings (SSSR count). The number of hydrogen-bond acceptors (Lipinski definition) is 3. The molecule has 0 saturated carbocycles. The van der Waals surface area contributed by atoms with Crippen LogP contribution >= 0.6 is 11.8 Å². The summed E-state index contributed by atoms with van der Waals surface area (Å²) in [5.41, 5.74) is 3.04. The third-order valence-electron chi connectivity index (χ3n) is 3.90. The van der Waals surface area contributed by atoms with Gasteiger partial charge < -0.3 is 5.32 Å². The molecule has 24 heavy (non-hydrogen) atoms. The zero-order chi connectivity index (χ0) is 16.9. The Morgan fingerprint density at radius 2 is 1.88 bits per heavy atom. The van der Waals surface area contributed by atoms with Crippen molar-refractivity contribution in [1.82, 2.24) is 14.9 Å². The fourth-order valence-electron chi connectivity index (χ4n) is 2.48. The molecule has 1 aromatic heterocycles. The Balaban J connectivity index is 1.89. The molecule has 1 amide bonds. The smallest absolute Gasteiger partial charge is 0.230 e. The molecule has 1 atom stereocenters. The van der Waals surface area contributed by atoms with Crippen molar-refractivity contribution in [3.05, 3.63) is 54.6 Å². The van der Waals surface area contributed by atoms with E-state index < -0.39 is 0 Å². The van der Waals surface area contributed by atoms with E-state index in [9.17, 15) is 4.79 Å². The lowest BCUT2D eigenvalue weighted by Gasteiger charge is -2.12. The Bertz CT molecular complexity index is 829. The molecule has 2 aromatic carbocycles. The maximum absolute atomic E-state index is 12.1. The number of rotatable bonds is 6. The summed E-state index contributed by atoms with van der Waals surface area (Å²) in [4.78, 5) is 16.8. The van der Waals surface area contributed by atoms with E-state index in [1.54, 1.807) is 0 Å². The van der Waals surface area contributed by atoms with E-state index in [-0.39, 0.29) is 11.9 Å². The van der Waals surface area contributed by atoms with Crippen LogP contribution in [0.4, 0.5) is 0 Å². The number of hydrogen-bond donors (Lipinski definition) is 1. The van der Waals surface area contributed by atoms with Gasteiger partial charge in [-0.15, -0.1) is 0 Å². The molecule has 0 fully saturated rings. The van der Waals surface area contributed by atoms with Gasteiger partial charge in [0.1, 0.15) is 0 Å². The monoisotopic (exact) mass is 339 g/mol. The molecule has 0 aliphatic rings. The van der Waals surface area contributed by atoms with Crippen molar-refractivity contribution in [2.24, 2.45) is 0 Å². The third kappa shape index (κ3) is 3.62.